The molecular weight excluding hydrogens is 208 g/mol. The molecule has 0 amide bonds. The fourth-order valence-corrected chi connectivity index (χ4v) is 2.49. The van der Waals surface area contributed by atoms with Crippen molar-refractivity contribution in [1.29, 1.82) is 0 Å². The van der Waals surface area contributed by atoms with Gasteiger partial charge in [0.25, 0.3) is 0 Å². The van der Waals surface area contributed by atoms with E-state index in [9.17, 15) is 0 Å². The normalized spacial score (nSPS) is 11.1. The van der Waals surface area contributed by atoms with Crippen LogP contribution in [-0.2, 0) is 30.4 Å². The molecule has 2 nitrogen and oxygen atoms in total. The maximum atomic E-state index is 5.04. The molecule has 5 heteroatoms. The van der Waals surface area contributed by atoms with Crippen LogP contribution in [0.2, 0.25) is 0 Å². The number of benzene rings is 1. The Labute approximate surface area is 80.8 Å². The van der Waals surface area contributed by atoms with E-state index in [4.69, 9.17) is 22.4 Å². The molecule has 0 saturated heterocycles. The molecule has 0 aliphatic carbocycles. The molecule has 1 aromatic heterocycles. The van der Waals surface area contributed by atoms with Crippen molar-refractivity contribution in [1.82, 2.24) is 10.2 Å². The Balaban J connectivity index is 2.91. The Hall–Kier alpha value is -0.520. The van der Waals surface area contributed by atoms with Crippen molar-refractivity contribution in [2.75, 3.05) is 0 Å². The van der Waals surface area contributed by atoms with Crippen LogP contribution in [0.5, 0.6) is 0 Å². The number of aromatic nitrogens is 2. The summed E-state index contributed by atoms with van der Waals surface area (Å²) in [4.78, 5) is 1.02. The number of aromatic amines is 1. The average molecular weight is 213 g/mol. The molecule has 2 aromatic rings. The van der Waals surface area contributed by atoms with Gasteiger partial charge in [-0.25, -0.2) is 0 Å². The monoisotopic (exact) mass is 213 g/mol. The van der Waals surface area contributed by atoms with Crippen LogP contribution in [0.25, 0.3) is 10.9 Å². The molecule has 1 aromatic carbocycles. The average Bonchev–Trinajstić information content (AvgIpc) is 2.49. The molecule has 12 heavy (non-hydrogen) atoms. The fraction of sp³-hybridized carbons (Fsp3) is 0. The van der Waals surface area contributed by atoms with Crippen molar-refractivity contribution in [2.45, 2.75) is 4.90 Å². The molecule has 0 spiro atoms. The van der Waals surface area contributed by atoms with Gasteiger partial charge in [-0.3, -0.25) is 27.5 Å². The summed E-state index contributed by atoms with van der Waals surface area (Å²) in [7, 11) is -0.525. The van der Waals surface area contributed by atoms with Crippen LogP contribution < -0.4 is 0 Å². The number of fused-ring (bicyclic) bond motifs is 1. The van der Waals surface area contributed by atoms with E-state index in [0.717, 1.165) is 15.8 Å². The van der Waals surface area contributed by atoms with Crippen LogP contribution in [0.4, 0.5) is 0 Å². The van der Waals surface area contributed by atoms with Gasteiger partial charge < -0.3 is 8.01 Å². The van der Waals surface area contributed by atoms with E-state index >= 15 is 0 Å². The Morgan fingerprint density at radius 2 is 2.17 bits per heavy atom. The predicted octanol–water partition coefficient (Wildman–Crippen LogP) is 1.46. The Bertz CT molecular complexity index is 476. The number of nitrogens with zero attached hydrogens (tertiary/aromatic N) is 1. The second-order valence-corrected chi connectivity index (χ2v) is 5.86. The molecule has 0 radical (unpaired) electrons. The van der Waals surface area contributed by atoms with Gasteiger partial charge >= 0.3 is 0 Å². The van der Waals surface area contributed by atoms with Gasteiger partial charge in [-0.1, -0.05) is 12.1 Å². The lowest BCUT2D eigenvalue weighted by molar-refractivity contribution is 1.12. The van der Waals surface area contributed by atoms with Gasteiger partial charge in [0.2, 0.25) is 0 Å². The minimum Gasteiger partial charge on any atom is -0.319 e. The first-order valence-corrected chi connectivity index (χ1v) is 6.38. The minimum atomic E-state index is -0.525. The number of hydrogen-bond acceptors (Lipinski definition) is 4. The van der Waals surface area contributed by atoms with E-state index < -0.39 is 8.01 Å². The highest BCUT2D eigenvalue weighted by atomic mass is 33.1. The van der Waals surface area contributed by atoms with Gasteiger partial charge in [0.05, 0.1) is 11.7 Å². The van der Waals surface area contributed by atoms with Gasteiger partial charge in [0.1, 0.15) is 0 Å². The van der Waals surface area contributed by atoms with Crippen LogP contribution in [0.3, 0.4) is 0 Å². The Morgan fingerprint density at radius 3 is 2.92 bits per heavy atom. The molecule has 0 bridgehead atoms. The summed E-state index contributed by atoms with van der Waals surface area (Å²) >= 11 is 10.1. The molecule has 2 rings (SSSR count). The van der Waals surface area contributed by atoms with E-state index in [-0.39, 0.29) is 0 Å². The number of nitrogens with one attached hydrogen (secondary N) is 1. The largest absolute Gasteiger partial charge is 0.319 e. The van der Waals surface area contributed by atoms with E-state index in [1.165, 1.54) is 0 Å². The molecule has 1 heterocycles. The van der Waals surface area contributed by atoms with Crippen molar-refractivity contribution in [3.8, 4) is 0 Å². The van der Waals surface area contributed by atoms with E-state index in [2.05, 4.69) is 10.2 Å². The molecule has 0 aliphatic rings. The smallest absolute Gasteiger partial charge is 0.0634 e. The highest BCUT2D eigenvalue weighted by molar-refractivity contribution is 8.46. The molecule has 0 fully saturated rings. The fourth-order valence-electron chi connectivity index (χ4n) is 1.09. The zero-order valence-electron chi connectivity index (χ0n) is 5.98. The van der Waals surface area contributed by atoms with Crippen LogP contribution in [0.1, 0.15) is 0 Å². The highest BCUT2D eigenvalue weighted by Gasteiger charge is 1.93. The standard InChI is InChI=1S/C7H5N2S3/c10-12(11)7-3-1-2-6-5(7)4-8-9-6/h1-4H,(H,8,9)/q-1. The summed E-state index contributed by atoms with van der Waals surface area (Å²) in [5.41, 5.74) is 1.000. The number of rotatable bonds is 1. The van der Waals surface area contributed by atoms with E-state index in [1.54, 1.807) is 6.20 Å². The maximum absolute atomic E-state index is 5.04. The van der Waals surface area contributed by atoms with Crippen LogP contribution in [0.15, 0.2) is 29.3 Å². The summed E-state index contributed by atoms with van der Waals surface area (Å²) in [6.45, 7) is 0. The molecule has 0 saturated carbocycles. The SMILES string of the molecule is S=[S-](=S)c1cccc2[nH]ncc12. The van der Waals surface area contributed by atoms with Crippen molar-refractivity contribution < 1.29 is 0 Å². The summed E-state index contributed by atoms with van der Waals surface area (Å²) in [6.07, 6.45) is 1.77. The lowest BCUT2D eigenvalue weighted by atomic mass is 10.3. The summed E-state index contributed by atoms with van der Waals surface area (Å²) in [6, 6.07) is 5.86. The lowest BCUT2D eigenvalue weighted by Gasteiger charge is -2.04. The quantitative estimate of drug-likeness (QED) is 0.727. The molecular formula is C7H5N2S3-. The van der Waals surface area contributed by atoms with Gasteiger partial charge in [-0.15, -0.1) is 4.90 Å². The van der Waals surface area contributed by atoms with Crippen molar-refractivity contribution in [3.63, 3.8) is 0 Å². The van der Waals surface area contributed by atoms with Gasteiger partial charge in [-0.2, -0.15) is 5.10 Å². The molecule has 0 atom stereocenters. The van der Waals surface area contributed by atoms with E-state index in [1.807, 2.05) is 18.2 Å². The van der Waals surface area contributed by atoms with Crippen LogP contribution >= 0.6 is 0 Å². The summed E-state index contributed by atoms with van der Waals surface area (Å²) in [5, 5.41) is 7.85. The van der Waals surface area contributed by atoms with Crippen LogP contribution in [-0.4, -0.2) is 10.2 Å². The van der Waals surface area contributed by atoms with Gasteiger partial charge in [0, 0.05) is 5.39 Å². The van der Waals surface area contributed by atoms with Gasteiger partial charge in [-0.05, 0) is 6.07 Å². The lowest BCUT2D eigenvalue weighted by Crippen LogP contribution is -1.77. The summed E-state index contributed by atoms with van der Waals surface area (Å²) in [5.74, 6) is 0. The highest BCUT2D eigenvalue weighted by Crippen LogP contribution is 2.16. The van der Waals surface area contributed by atoms with Crippen molar-refractivity contribution in [3.05, 3.63) is 24.4 Å². The van der Waals surface area contributed by atoms with Crippen molar-refractivity contribution >= 4 is 41.3 Å². The third-order valence-electron chi connectivity index (χ3n) is 1.62. The number of hydrogen-bond donors (Lipinski definition) is 1. The van der Waals surface area contributed by atoms with Crippen LogP contribution in [0, 0.1) is 0 Å². The number of H-pyrrole nitrogens is 1. The Morgan fingerprint density at radius 1 is 1.33 bits per heavy atom. The Kier molecular flexibility index (Phi) is 2.08. The second kappa shape index (κ2) is 3.08. The first-order chi connectivity index (χ1) is 5.79. The predicted molar refractivity (Wildman–Crippen MR) is 56.5 cm³/mol. The minimum absolute atomic E-state index is 0.525. The third kappa shape index (κ3) is 1.24. The van der Waals surface area contributed by atoms with Crippen molar-refractivity contribution in [2.24, 2.45) is 0 Å². The first kappa shape index (κ1) is 8.10. The molecule has 1 N–H and O–H groups in total. The molecule has 62 valence electrons. The van der Waals surface area contributed by atoms with E-state index in [0.29, 0.717) is 0 Å². The summed E-state index contributed by atoms with van der Waals surface area (Å²) < 4.78 is 0. The zero-order chi connectivity index (χ0) is 8.55. The first-order valence-electron chi connectivity index (χ1n) is 3.30. The topological polar surface area (TPSA) is 28.7 Å². The third-order valence-corrected chi connectivity index (χ3v) is 3.42. The zero-order valence-corrected chi connectivity index (χ0v) is 8.43. The maximum Gasteiger partial charge on any atom is 0.0634 e. The second-order valence-electron chi connectivity index (χ2n) is 2.32. The van der Waals surface area contributed by atoms with Gasteiger partial charge in [0.15, 0.2) is 0 Å². The molecule has 0 aliphatic heterocycles. The molecule has 0 unspecified atom stereocenters.